The second kappa shape index (κ2) is 8.48. The Balaban J connectivity index is 1.66. The van der Waals surface area contributed by atoms with Crippen LogP contribution in [0.2, 0.25) is 0 Å². The van der Waals surface area contributed by atoms with Gasteiger partial charge in [0.1, 0.15) is 5.75 Å². The van der Waals surface area contributed by atoms with Crippen LogP contribution in [0.5, 0.6) is 5.75 Å². The monoisotopic (exact) mass is 358 g/mol. The average molecular weight is 359 g/mol. The van der Waals surface area contributed by atoms with Crippen LogP contribution in [0.4, 0.5) is 0 Å². The van der Waals surface area contributed by atoms with Gasteiger partial charge in [-0.15, -0.1) is 11.3 Å². The zero-order valence-corrected chi connectivity index (χ0v) is 15.8. The third kappa shape index (κ3) is 4.60. The second-order valence-corrected chi connectivity index (χ2v) is 7.76. The molecule has 25 heavy (non-hydrogen) atoms. The Kier molecular flexibility index (Phi) is 6.08. The highest BCUT2D eigenvalue weighted by atomic mass is 32.1. The highest BCUT2D eigenvalue weighted by Crippen LogP contribution is 2.38. The van der Waals surface area contributed by atoms with E-state index in [4.69, 9.17) is 4.74 Å². The number of nitrogens with zero attached hydrogens (tertiary/aromatic N) is 1. The largest absolute Gasteiger partial charge is 0.497 e. The summed E-state index contributed by atoms with van der Waals surface area (Å²) in [5.74, 6) is 1.35. The van der Waals surface area contributed by atoms with E-state index in [2.05, 4.69) is 15.7 Å². The maximum Gasteiger partial charge on any atom is 0.227 e. The van der Waals surface area contributed by atoms with Crippen molar-refractivity contribution >= 4 is 17.2 Å². The molecule has 1 atom stereocenters. The number of ether oxygens (including phenoxy) is 1. The van der Waals surface area contributed by atoms with Gasteiger partial charge in [-0.3, -0.25) is 4.79 Å². The smallest absolute Gasteiger partial charge is 0.227 e. The maximum absolute atomic E-state index is 12.9. The molecule has 1 saturated carbocycles. The van der Waals surface area contributed by atoms with Crippen LogP contribution >= 0.6 is 11.3 Å². The molecule has 0 saturated heterocycles. The van der Waals surface area contributed by atoms with Crippen LogP contribution in [0.25, 0.3) is 0 Å². The molecule has 1 aliphatic rings. The van der Waals surface area contributed by atoms with E-state index in [1.54, 1.807) is 18.4 Å². The lowest BCUT2D eigenvalue weighted by molar-refractivity contribution is -0.123. The van der Waals surface area contributed by atoms with E-state index in [0.717, 1.165) is 41.3 Å². The fourth-order valence-electron chi connectivity index (χ4n) is 3.69. The predicted octanol–water partition coefficient (Wildman–Crippen LogP) is 4.09. The van der Waals surface area contributed by atoms with Crippen LogP contribution < -0.4 is 10.1 Å². The van der Waals surface area contributed by atoms with Crippen molar-refractivity contribution in [2.75, 3.05) is 13.7 Å². The fourth-order valence-corrected chi connectivity index (χ4v) is 4.33. The predicted molar refractivity (Wildman–Crippen MR) is 101 cm³/mol. The first-order valence-corrected chi connectivity index (χ1v) is 9.88. The van der Waals surface area contributed by atoms with Gasteiger partial charge in [-0.25, -0.2) is 4.98 Å². The van der Waals surface area contributed by atoms with E-state index in [0.29, 0.717) is 12.5 Å². The molecule has 0 radical (unpaired) electrons. The van der Waals surface area contributed by atoms with Crippen LogP contribution in [0.1, 0.15) is 47.9 Å². The zero-order valence-electron chi connectivity index (χ0n) is 15.0. The number of carbonyl (C=O) groups excluding carboxylic acids is 1. The van der Waals surface area contributed by atoms with Gasteiger partial charge in [0.25, 0.3) is 0 Å². The number of benzene rings is 1. The Morgan fingerprint density at radius 2 is 2.04 bits per heavy atom. The zero-order chi connectivity index (χ0) is 17.6. The first-order chi connectivity index (χ1) is 12.2. The van der Waals surface area contributed by atoms with Crippen molar-refractivity contribution < 1.29 is 9.53 Å². The molecule has 1 aromatic carbocycles. The lowest BCUT2D eigenvalue weighted by atomic mass is 9.84. The molecule has 1 aliphatic carbocycles. The number of thiazole rings is 1. The van der Waals surface area contributed by atoms with Crippen molar-refractivity contribution in [2.24, 2.45) is 5.92 Å². The molecule has 3 rings (SSSR count). The van der Waals surface area contributed by atoms with Gasteiger partial charge in [0.05, 0.1) is 23.7 Å². The molecular formula is C20H26N2O2S. The molecule has 2 aromatic rings. The second-order valence-electron chi connectivity index (χ2n) is 6.69. The fraction of sp³-hybridized carbons (Fsp3) is 0.500. The SMILES string of the molecule is COc1ccc(C(C(=O)NCCc2csc(C)n2)C2CCCC2)cc1. The number of methoxy groups -OCH3 is 1. The van der Waals surface area contributed by atoms with Gasteiger partial charge in [0.15, 0.2) is 0 Å². The minimum absolute atomic E-state index is 0.0643. The van der Waals surface area contributed by atoms with E-state index < -0.39 is 0 Å². The first-order valence-electron chi connectivity index (χ1n) is 9.00. The molecule has 1 N–H and O–H groups in total. The number of amides is 1. The van der Waals surface area contributed by atoms with E-state index in [1.165, 1.54) is 12.8 Å². The summed E-state index contributed by atoms with van der Waals surface area (Å²) in [6.07, 6.45) is 5.51. The van der Waals surface area contributed by atoms with Crippen LogP contribution in [0.15, 0.2) is 29.6 Å². The van der Waals surface area contributed by atoms with E-state index >= 15 is 0 Å². The lowest BCUT2D eigenvalue weighted by Gasteiger charge is -2.23. The molecular weight excluding hydrogens is 332 g/mol. The Labute approximate surface area is 153 Å². The number of rotatable bonds is 7. The summed E-state index contributed by atoms with van der Waals surface area (Å²) in [6.45, 7) is 2.65. The molecule has 1 amide bonds. The lowest BCUT2D eigenvalue weighted by Crippen LogP contribution is -2.34. The molecule has 5 heteroatoms. The minimum atomic E-state index is -0.0643. The number of carbonyl (C=O) groups is 1. The highest BCUT2D eigenvalue weighted by molar-refractivity contribution is 7.09. The molecule has 0 bridgehead atoms. The molecule has 0 aliphatic heterocycles. The van der Waals surface area contributed by atoms with Crippen molar-refractivity contribution in [1.82, 2.24) is 10.3 Å². The van der Waals surface area contributed by atoms with Gasteiger partial charge >= 0.3 is 0 Å². The summed E-state index contributed by atoms with van der Waals surface area (Å²) in [7, 11) is 1.66. The van der Waals surface area contributed by atoms with E-state index in [1.807, 2.05) is 31.2 Å². The summed E-state index contributed by atoms with van der Waals surface area (Å²) in [6, 6.07) is 7.96. The number of nitrogens with one attached hydrogen (secondary N) is 1. The molecule has 0 spiro atoms. The molecule has 1 aromatic heterocycles. The topological polar surface area (TPSA) is 51.2 Å². The summed E-state index contributed by atoms with van der Waals surface area (Å²) in [4.78, 5) is 17.4. The quantitative estimate of drug-likeness (QED) is 0.811. The van der Waals surface area contributed by atoms with Crippen LogP contribution in [0, 0.1) is 12.8 Å². The summed E-state index contributed by atoms with van der Waals surface area (Å²) < 4.78 is 5.24. The molecule has 1 fully saturated rings. The van der Waals surface area contributed by atoms with Crippen molar-refractivity contribution in [3.63, 3.8) is 0 Å². The molecule has 4 nitrogen and oxygen atoms in total. The van der Waals surface area contributed by atoms with Gasteiger partial charge in [-0.2, -0.15) is 0 Å². The Morgan fingerprint density at radius 3 is 2.64 bits per heavy atom. The first kappa shape index (κ1) is 17.9. The summed E-state index contributed by atoms with van der Waals surface area (Å²) in [5, 5.41) is 6.28. The van der Waals surface area contributed by atoms with Gasteiger partial charge in [0.2, 0.25) is 5.91 Å². The maximum atomic E-state index is 12.9. The van der Waals surface area contributed by atoms with Gasteiger partial charge in [-0.1, -0.05) is 25.0 Å². The van der Waals surface area contributed by atoms with Crippen LogP contribution in [-0.4, -0.2) is 24.5 Å². The van der Waals surface area contributed by atoms with E-state index in [9.17, 15) is 4.79 Å². The van der Waals surface area contributed by atoms with Crippen LogP contribution in [0.3, 0.4) is 0 Å². The number of hydrogen-bond acceptors (Lipinski definition) is 4. The van der Waals surface area contributed by atoms with Crippen molar-refractivity contribution in [1.29, 1.82) is 0 Å². The average Bonchev–Trinajstić information content (AvgIpc) is 3.28. The Bertz CT molecular complexity index is 690. The Hall–Kier alpha value is -1.88. The third-order valence-electron chi connectivity index (χ3n) is 4.98. The summed E-state index contributed by atoms with van der Waals surface area (Å²) in [5.41, 5.74) is 2.15. The molecule has 134 valence electrons. The van der Waals surface area contributed by atoms with Crippen molar-refractivity contribution in [3.8, 4) is 5.75 Å². The van der Waals surface area contributed by atoms with E-state index in [-0.39, 0.29) is 11.8 Å². The van der Waals surface area contributed by atoms with Gasteiger partial charge < -0.3 is 10.1 Å². The standard InChI is InChI=1S/C20H26N2O2S/c1-14-22-17(13-25-14)11-12-21-20(23)19(15-5-3-4-6-15)16-7-9-18(24-2)10-8-16/h7-10,13,15,19H,3-6,11-12H2,1-2H3,(H,21,23). The van der Waals surface area contributed by atoms with Gasteiger partial charge in [-0.05, 0) is 43.4 Å². The summed E-state index contributed by atoms with van der Waals surface area (Å²) >= 11 is 1.65. The molecule has 1 unspecified atom stereocenters. The number of hydrogen-bond donors (Lipinski definition) is 1. The van der Waals surface area contributed by atoms with Crippen molar-refractivity contribution in [3.05, 3.63) is 45.9 Å². The minimum Gasteiger partial charge on any atom is -0.497 e. The molecule has 1 heterocycles. The number of aromatic nitrogens is 1. The van der Waals surface area contributed by atoms with Crippen LogP contribution in [-0.2, 0) is 11.2 Å². The normalized spacial score (nSPS) is 15.9. The van der Waals surface area contributed by atoms with Crippen molar-refractivity contribution in [2.45, 2.75) is 44.9 Å². The third-order valence-corrected chi connectivity index (χ3v) is 5.80. The van der Waals surface area contributed by atoms with Gasteiger partial charge in [0, 0.05) is 18.3 Å². The highest BCUT2D eigenvalue weighted by Gasteiger charge is 2.31. The number of aryl methyl sites for hydroxylation is 1. The Morgan fingerprint density at radius 1 is 1.32 bits per heavy atom.